The van der Waals surface area contributed by atoms with E-state index in [2.05, 4.69) is 41.4 Å². The zero-order chi connectivity index (χ0) is 12.9. The van der Waals surface area contributed by atoms with E-state index in [0.717, 1.165) is 23.7 Å². The first-order valence-corrected chi connectivity index (χ1v) is 6.79. The lowest BCUT2D eigenvalue weighted by molar-refractivity contribution is 0.688. The highest BCUT2D eigenvalue weighted by Gasteiger charge is 2.19. The number of hydrogen-bond acceptors (Lipinski definition) is 1. The third-order valence-corrected chi connectivity index (χ3v) is 3.25. The summed E-state index contributed by atoms with van der Waals surface area (Å²) in [5.74, 6) is 6.37. The molecule has 0 amide bonds. The van der Waals surface area contributed by atoms with Crippen molar-refractivity contribution in [2.75, 3.05) is 0 Å². The molecule has 0 bridgehead atoms. The Morgan fingerprint density at radius 1 is 0.842 bits per heavy atom. The van der Waals surface area contributed by atoms with Crippen molar-refractivity contribution in [3.05, 3.63) is 71.3 Å². The minimum atomic E-state index is 0.762. The third-order valence-electron chi connectivity index (χ3n) is 3.25. The van der Waals surface area contributed by atoms with E-state index in [-0.39, 0.29) is 0 Å². The van der Waals surface area contributed by atoms with Gasteiger partial charge in [0.2, 0.25) is 0 Å². The lowest BCUT2D eigenvalue weighted by atomic mass is 10.1. The summed E-state index contributed by atoms with van der Waals surface area (Å²) in [5, 5.41) is 3.51. The summed E-state index contributed by atoms with van der Waals surface area (Å²) in [6.07, 6.45) is 2.67. The maximum atomic E-state index is 3.51. The van der Waals surface area contributed by atoms with Crippen molar-refractivity contribution in [3.8, 4) is 11.8 Å². The highest BCUT2D eigenvalue weighted by Crippen LogP contribution is 2.19. The number of benzene rings is 2. The van der Waals surface area contributed by atoms with Gasteiger partial charge < -0.3 is 5.32 Å². The Morgan fingerprint density at radius 3 is 2.11 bits per heavy atom. The van der Waals surface area contributed by atoms with E-state index in [0.29, 0.717) is 0 Å². The van der Waals surface area contributed by atoms with Gasteiger partial charge in [0.05, 0.1) is 0 Å². The largest absolute Gasteiger partial charge is 0.310 e. The normalized spacial score (nSPS) is 13.7. The monoisotopic (exact) mass is 247 g/mol. The average molecular weight is 247 g/mol. The maximum Gasteiger partial charge on any atom is 0.0249 e. The van der Waals surface area contributed by atoms with Gasteiger partial charge in [-0.3, -0.25) is 0 Å². The van der Waals surface area contributed by atoms with Gasteiger partial charge in [0.15, 0.2) is 0 Å². The predicted octanol–water partition coefficient (Wildman–Crippen LogP) is 3.34. The molecule has 1 heteroatoms. The fourth-order valence-electron chi connectivity index (χ4n) is 1.92. The zero-order valence-electron chi connectivity index (χ0n) is 10.9. The Morgan fingerprint density at radius 2 is 1.47 bits per heavy atom. The molecule has 1 nitrogen and oxygen atoms in total. The van der Waals surface area contributed by atoms with E-state index in [1.54, 1.807) is 0 Å². The molecule has 0 saturated heterocycles. The number of nitrogens with one attached hydrogen (secondary N) is 1. The van der Waals surface area contributed by atoms with Crippen molar-refractivity contribution in [1.82, 2.24) is 5.32 Å². The van der Waals surface area contributed by atoms with Crippen LogP contribution in [0.4, 0.5) is 0 Å². The SMILES string of the molecule is C(#Cc1ccc(CNC2CC2)cc1)c1ccccc1. The van der Waals surface area contributed by atoms with Crippen LogP contribution in [0.15, 0.2) is 54.6 Å². The molecule has 0 radical (unpaired) electrons. The molecule has 1 fully saturated rings. The van der Waals surface area contributed by atoms with E-state index in [4.69, 9.17) is 0 Å². The number of rotatable bonds is 3. The molecular formula is C18H17N. The summed E-state index contributed by atoms with van der Waals surface area (Å²) in [4.78, 5) is 0. The minimum Gasteiger partial charge on any atom is -0.310 e. The molecule has 0 heterocycles. The Kier molecular flexibility index (Phi) is 3.63. The van der Waals surface area contributed by atoms with Crippen LogP contribution in [0.3, 0.4) is 0 Å². The van der Waals surface area contributed by atoms with Crippen molar-refractivity contribution in [1.29, 1.82) is 0 Å². The quantitative estimate of drug-likeness (QED) is 0.820. The van der Waals surface area contributed by atoms with Crippen LogP contribution in [0.25, 0.3) is 0 Å². The first kappa shape index (κ1) is 12.0. The first-order chi connectivity index (χ1) is 9.40. The number of hydrogen-bond donors (Lipinski definition) is 1. The second-order valence-corrected chi connectivity index (χ2v) is 4.97. The molecule has 2 aromatic carbocycles. The van der Waals surface area contributed by atoms with Gasteiger partial charge in [-0.05, 0) is 42.7 Å². The first-order valence-electron chi connectivity index (χ1n) is 6.79. The van der Waals surface area contributed by atoms with Crippen LogP contribution < -0.4 is 5.32 Å². The van der Waals surface area contributed by atoms with Crippen LogP contribution >= 0.6 is 0 Å². The Balaban J connectivity index is 1.63. The minimum absolute atomic E-state index is 0.762. The van der Waals surface area contributed by atoms with Crippen molar-refractivity contribution in [2.24, 2.45) is 0 Å². The van der Waals surface area contributed by atoms with E-state index in [1.165, 1.54) is 18.4 Å². The lowest BCUT2D eigenvalue weighted by Crippen LogP contribution is -2.15. The molecule has 0 atom stereocenters. The molecule has 1 aliphatic carbocycles. The molecule has 0 unspecified atom stereocenters. The average Bonchev–Trinajstić information content (AvgIpc) is 3.29. The van der Waals surface area contributed by atoms with E-state index in [1.807, 2.05) is 30.3 Å². The highest BCUT2D eigenvalue weighted by molar-refractivity contribution is 5.43. The fourth-order valence-corrected chi connectivity index (χ4v) is 1.92. The summed E-state index contributed by atoms with van der Waals surface area (Å²) in [7, 11) is 0. The van der Waals surface area contributed by atoms with Gasteiger partial charge in [-0.1, -0.05) is 42.2 Å². The summed E-state index contributed by atoms with van der Waals surface area (Å²) >= 11 is 0. The van der Waals surface area contributed by atoms with Gasteiger partial charge in [0.25, 0.3) is 0 Å². The van der Waals surface area contributed by atoms with Crippen LogP contribution in [-0.4, -0.2) is 6.04 Å². The molecule has 3 rings (SSSR count). The highest BCUT2D eigenvalue weighted by atomic mass is 14.9. The van der Waals surface area contributed by atoms with E-state index >= 15 is 0 Å². The summed E-state index contributed by atoms with van der Waals surface area (Å²) in [6, 6.07) is 19.4. The van der Waals surface area contributed by atoms with Crippen molar-refractivity contribution >= 4 is 0 Å². The second kappa shape index (κ2) is 5.73. The van der Waals surface area contributed by atoms with Crippen LogP contribution in [-0.2, 0) is 6.54 Å². The topological polar surface area (TPSA) is 12.0 Å². The van der Waals surface area contributed by atoms with Gasteiger partial charge in [-0.15, -0.1) is 0 Å². The van der Waals surface area contributed by atoms with Gasteiger partial charge in [0, 0.05) is 23.7 Å². The van der Waals surface area contributed by atoms with Crippen molar-refractivity contribution < 1.29 is 0 Å². The molecule has 0 aliphatic heterocycles. The van der Waals surface area contributed by atoms with Crippen LogP contribution in [0.2, 0.25) is 0 Å². The van der Waals surface area contributed by atoms with Gasteiger partial charge in [-0.25, -0.2) is 0 Å². The maximum absolute atomic E-state index is 3.51. The van der Waals surface area contributed by atoms with Gasteiger partial charge in [0.1, 0.15) is 0 Å². The molecule has 0 spiro atoms. The third kappa shape index (κ3) is 3.71. The molecular weight excluding hydrogens is 230 g/mol. The van der Waals surface area contributed by atoms with Gasteiger partial charge >= 0.3 is 0 Å². The zero-order valence-corrected chi connectivity index (χ0v) is 10.9. The molecule has 1 aliphatic rings. The molecule has 2 aromatic rings. The Bertz CT molecular complexity index is 583. The molecule has 94 valence electrons. The molecule has 1 N–H and O–H groups in total. The summed E-state index contributed by atoms with van der Waals surface area (Å²) < 4.78 is 0. The van der Waals surface area contributed by atoms with Crippen LogP contribution in [0.5, 0.6) is 0 Å². The van der Waals surface area contributed by atoms with E-state index in [9.17, 15) is 0 Å². The molecule has 1 saturated carbocycles. The second-order valence-electron chi connectivity index (χ2n) is 4.97. The molecule has 0 aromatic heterocycles. The van der Waals surface area contributed by atoms with Crippen molar-refractivity contribution in [3.63, 3.8) is 0 Å². The van der Waals surface area contributed by atoms with Crippen molar-refractivity contribution in [2.45, 2.75) is 25.4 Å². The smallest absolute Gasteiger partial charge is 0.0249 e. The van der Waals surface area contributed by atoms with Gasteiger partial charge in [-0.2, -0.15) is 0 Å². The molecule has 19 heavy (non-hydrogen) atoms. The fraction of sp³-hybridized carbons (Fsp3) is 0.222. The van der Waals surface area contributed by atoms with Crippen LogP contribution in [0, 0.1) is 11.8 Å². The summed E-state index contributed by atoms with van der Waals surface area (Å²) in [5.41, 5.74) is 3.46. The Labute approximate surface area is 114 Å². The Hall–Kier alpha value is -2.04. The predicted molar refractivity (Wildman–Crippen MR) is 78.7 cm³/mol. The van der Waals surface area contributed by atoms with E-state index < -0.39 is 0 Å². The summed E-state index contributed by atoms with van der Waals surface area (Å²) in [6.45, 7) is 0.969. The lowest BCUT2D eigenvalue weighted by Gasteiger charge is -2.02. The van der Waals surface area contributed by atoms with Crippen LogP contribution in [0.1, 0.15) is 29.5 Å². The standard InChI is InChI=1S/C18H17N/c1-2-4-15(5-3-1)6-7-16-8-10-17(11-9-16)14-19-18-12-13-18/h1-5,8-11,18-19H,12-14H2.